The lowest BCUT2D eigenvalue weighted by Gasteiger charge is -2.19. The molecule has 1 atom stereocenters. The van der Waals surface area contributed by atoms with Crippen LogP contribution >= 0.6 is 15.9 Å². The van der Waals surface area contributed by atoms with Crippen LogP contribution in [0.3, 0.4) is 0 Å². The van der Waals surface area contributed by atoms with Crippen LogP contribution in [0.4, 0.5) is 0 Å². The summed E-state index contributed by atoms with van der Waals surface area (Å²) < 4.78 is 6.51. The molecular formula is C18H20BrNO3. The number of hydrogen-bond acceptors (Lipinski definition) is 3. The van der Waals surface area contributed by atoms with E-state index in [1.165, 1.54) is 0 Å². The summed E-state index contributed by atoms with van der Waals surface area (Å²) in [4.78, 5) is 12.2. The van der Waals surface area contributed by atoms with Crippen molar-refractivity contribution in [2.75, 3.05) is 19.8 Å². The van der Waals surface area contributed by atoms with Crippen LogP contribution in [0, 0.1) is 6.92 Å². The molecule has 0 heterocycles. The van der Waals surface area contributed by atoms with Crippen LogP contribution < -0.4 is 5.32 Å². The molecule has 2 rings (SSSR count). The number of halogens is 1. The van der Waals surface area contributed by atoms with Crippen molar-refractivity contribution in [3.63, 3.8) is 0 Å². The molecule has 1 amide bonds. The van der Waals surface area contributed by atoms with Crippen molar-refractivity contribution in [2.45, 2.75) is 13.0 Å². The molecule has 2 aromatic carbocycles. The molecule has 0 radical (unpaired) electrons. The summed E-state index contributed by atoms with van der Waals surface area (Å²) in [6.07, 6.45) is -0.293. The number of aryl methyl sites for hydroxylation is 1. The molecule has 0 aliphatic rings. The Labute approximate surface area is 144 Å². The zero-order chi connectivity index (χ0) is 16.7. The lowest BCUT2D eigenvalue weighted by Crippen LogP contribution is -2.30. The Kier molecular flexibility index (Phi) is 6.77. The zero-order valence-corrected chi connectivity index (χ0v) is 14.5. The van der Waals surface area contributed by atoms with E-state index in [-0.39, 0.29) is 25.2 Å². The second kappa shape index (κ2) is 8.82. The molecule has 0 saturated heterocycles. The molecule has 2 N–H and O–H groups in total. The van der Waals surface area contributed by atoms with Crippen LogP contribution in [0.1, 0.15) is 27.6 Å². The number of hydrogen-bond donors (Lipinski definition) is 2. The van der Waals surface area contributed by atoms with Crippen molar-refractivity contribution in [2.24, 2.45) is 0 Å². The predicted molar refractivity (Wildman–Crippen MR) is 93.4 cm³/mol. The van der Waals surface area contributed by atoms with Gasteiger partial charge in [-0.15, -0.1) is 0 Å². The fourth-order valence-corrected chi connectivity index (χ4v) is 2.57. The topological polar surface area (TPSA) is 58.6 Å². The number of nitrogens with one attached hydrogen (secondary N) is 1. The van der Waals surface area contributed by atoms with E-state index in [0.717, 1.165) is 15.6 Å². The van der Waals surface area contributed by atoms with Crippen molar-refractivity contribution in [1.82, 2.24) is 5.32 Å². The Morgan fingerprint density at radius 2 is 2.00 bits per heavy atom. The predicted octanol–water partition coefficient (Wildman–Crippen LogP) is 3.24. The minimum Gasteiger partial charge on any atom is -0.394 e. The van der Waals surface area contributed by atoms with E-state index in [2.05, 4.69) is 21.2 Å². The number of carbonyl (C=O) groups excluding carboxylic acids is 1. The smallest absolute Gasteiger partial charge is 0.251 e. The van der Waals surface area contributed by atoms with Crippen LogP contribution in [-0.4, -0.2) is 30.8 Å². The van der Waals surface area contributed by atoms with Gasteiger partial charge in [0, 0.05) is 16.6 Å². The molecule has 0 unspecified atom stereocenters. The van der Waals surface area contributed by atoms with E-state index in [9.17, 15) is 4.79 Å². The molecule has 0 aliphatic carbocycles. The third kappa shape index (κ3) is 5.46. The van der Waals surface area contributed by atoms with Gasteiger partial charge in [-0.1, -0.05) is 51.8 Å². The van der Waals surface area contributed by atoms with Gasteiger partial charge in [-0.05, 0) is 30.7 Å². The van der Waals surface area contributed by atoms with Gasteiger partial charge >= 0.3 is 0 Å². The maximum absolute atomic E-state index is 12.2. The Morgan fingerprint density at radius 3 is 2.65 bits per heavy atom. The second-order valence-corrected chi connectivity index (χ2v) is 6.13. The average molecular weight is 378 g/mol. The Hall–Kier alpha value is -1.69. The highest BCUT2D eigenvalue weighted by atomic mass is 79.9. The van der Waals surface area contributed by atoms with E-state index in [0.29, 0.717) is 12.1 Å². The van der Waals surface area contributed by atoms with Crippen molar-refractivity contribution in [1.29, 1.82) is 0 Å². The van der Waals surface area contributed by atoms with Crippen LogP contribution in [0.25, 0.3) is 0 Å². The summed E-state index contributed by atoms with van der Waals surface area (Å²) in [5.41, 5.74) is 2.72. The van der Waals surface area contributed by atoms with Gasteiger partial charge in [0.05, 0.1) is 19.3 Å². The largest absolute Gasteiger partial charge is 0.394 e. The molecule has 23 heavy (non-hydrogen) atoms. The minimum atomic E-state index is -0.293. The van der Waals surface area contributed by atoms with E-state index in [1.807, 2.05) is 43.3 Å². The number of amides is 1. The lowest BCUT2D eigenvalue weighted by molar-refractivity contribution is 0.0277. The maximum atomic E-state index is 12.2. The first-order valence-electron chi connectivity index (χ1n) is 7.43. The Morgan fingerprint density at radius 1 is 1.26 bits per heavy atom. The first-order valence-corrected chi connectivity index (χ1v) is 8.22. The summed E-state index contributed by atoms with van der Waals surface area (Å²) in [5, 5.41) is 11.9. The van der Waals surface area contributed by atoms with Gasteiger partial charge in [0.1, 0.15) is 0 Å². The number of benzene rings is 2. The highest BCUT2D eigenvalue weighted by molar-refractivity contribution is 9.10. The first kappa shape index (κ1) is 17.7. The van der Waals surface area contributed by atoms with Gasteiger partial charge in [-0.2, -0.15) is 0 Å². The van der Waals surface area contributed by atoms with Gasteiger partial charge in [-0.25, -0.2) is 0 Å². The summed E-state index contributed by atoms with van der Waals surface area (Å²) in [7, 11) is 0. The highest BCUT2D eigenvalue weighted by Gasteiger charge is 2.14. The normalized spacial score (nSPS) is 12.0. The molecule has 0 saturated carbocycles. The summed E-state index contributed by atoms with van der Waals surface area (Å²) in [5.74, 6) is -0.156. The van der Waals surface area contributed by atoms with Crippen LogP contribution in [0.15, 0.2) is 53.0 Å². The Balaban J connectivity index is 2.03. The Bertz CT molecular complexity index is 643. The van der Waals surface area contributed by atoms with Crippen molar-refractivity contribution < 1.29 is 14.6 Å². The number of ether oxygens (including phenoxy) is 1. The van der Waals surface area contributed by atoms with Gasteiger partial charge in [0.25, 0.3) is 5.91 Å². The van der Waals surface area contributed by atoms with Gasteiger partial charge in [0.2, 0.25) is 0 Å². The van der Waals surface area contributed by atoms with E-state index in [4.69, 9.17) is 9.84 Å². The fraction of sp³-hybridized carbons (Fsp3) is 0.278. The van der Waals surface area contributed by atoms with E-state index in [1.54, 1.807) is 12.1 Å². The maximum Gasteiger partial charge on any atom is 0.251 e. The number of aliphatic hydroxyl groups is 1. The average Bonchev–Trinajstić information content (AvgIpc) is 2.56. The second-order valence-electron chi connectivity index (χ2n) is 5.21. The molecule has 5 heteroatoms. The SMILES string of the molecule is Cc1ccc([C@H](CNC(=O)c2cccc(Br)c2)OCCO)cc1. The quantitative estimate of drug-likeness (QED) is 0.778. The molecule has 122 valence electrons. The van der Waals surface area contributed by atoms with E-state index >= 15 is 0 Å². The van der Waals surface area contributed by atoms with Crippen LogP contribution in [0.5, 0.6) is 0 Å². The summed E-state index contributed by atoms with van der Waals surface area (Å²) in [6.45, 7) is 2.53. The zero-order valence-electron chi connectivity index (χ0n) is 13.0. The van der Waals surface area contributed by atoms with Gasteiger partial charge < -0.3 is 15.2 Å². The van der Waals surface area contributed by atoms with Gasteiger partial charge in [-0.3, -0.25) is 4.79 Å². The van der Waals surface area contributed by atoms with Crippen molar-refractivity contribution in [3.8, 4) is 0 Å². The fourth-order valence-electron chi connectivity index (χ4n) is 2.17. The van der Waals surface area contributed by atoms with Crippen LogP contribution in [-0.2, 0) is 4.74 Å². The standard InChI is InChI=1S/C18H20BrNO3/c1-13-5-7-14(8-6-13)17(23-10-9-21)12-20-18(22)15-3-2-4-16(19)11-15/h2-8,11,17,21H,9-10,12H2,1H3,(H,20,22)/t17-/m0/s1. The van der Waals surface area contributed by atoms with Crippen molar-refractivity contribution >= 4 is 21.8 Å². The van der Waals surface area contributed by atoms with Gasteiger partial charge in [0.15, 0.2) is 0 Å². The summed E-state index contributed by atoms with van der Waals surface area (Å²) in [6, 6.07) is 15.2. The molecule has 2 aromatic rings. The molecule has 0 fully saturated rings. The molecular weight excluding hydrogens is 358 g/mol. The first-order chi connectivity index (χ1) is 11.1. The van der Waals surface area contributed by atoms with E-state index < -0.39 is 0 Å². The summed E-state index contributed by atoms with van der Waals surface area (Å²) >= 11 is 3.36. The molecule has 0 spiro atoms. The molecule has 0 aliphatic heterocycles. The third-order valence-corrected chi connectivity index (χ3v) is 3.89. The molecule has 4 nitrogen and oxygen atoms in total. The van der Waals surface area contributed by atoms with Crippen molar-refractivity contribution in [3.05, 3.63) is 69.7 Å². The number of aliphatic hydroxyl groups excluding tert-OH is 1. The number of carbonyl (C=O) groups is 1. The highest BCUT2D eigenvalue weighted by Crippen LogP contribution is 2.18. The third-order valence-electron chi connectivity index (χ3n) is 3.39. The minimum absolute atomic E-state index is 0.0536. The molecule has 0 aromatic heterocycles. The van der Waals surface area contributed by atoms with Crippen LogP contribution in [0.2, 0.25) is 0 Å². The lowest BCUT2D eigenvalue weighted by atomic mass is 10.1. The number of rotatable bonds is 7. The monoisotopic (exact) mass is 377 g/mol. The molecule has 0 bridgehead atoms.